The van der Waals surface area contributed by atoms with E-state index in [-0.39, 0.29) is 18.4 Å². The zero-order chi connectivity index (χ0) is 22.1. The Labute approximate surface area is 186 Å². The molecular formula is C23H29BrN2O4. The number of methoxy groups -OCH3 is 1. The molecule has 0 aliphatic rings. The van der Waals surface area contributed by atoms with Crippen LogP contribution < -0.4 is 14.8 Å². The third kappa shape index (κ3) is 7.37. The zero-order valence-electron chi connectivity index (χ0n) is 17.9. The number of nitrogens with one attached hydrogen (secondary N) is 1. The molecule has 30 heavy (non-hydrogen) atoms. The Morgan fingerprint density at radius 2 is 1.73 bits per heavy atom. The first-order valence-electron chi connectivity index (χ1n) is 9.88. The Kier molecular flexibility index (Phi) is 9.17. The summed E-state index contributed by atoms with van der Waals surface area (Å²) in [5.74, 6) is 1.15. The van der Waals surface area contributed by atoms with Gasteiger partial charge in [0.1, 0.15) is 17.5 Å². The lowest BCUT2D eigenvalue weighted by molar-refractivity contribution is -0.142. The van der Waals surface area contributed by atoms with E-state index in [2.05, 4.69) is 21.2 Å². The SMILES string of the molecule is COc1ccc(OCC(=O)N(Cc2cccc(Br)c2)C(C)C(=O)NCC(C)C)cc1. The van der Waals surface area contributed by atoms with Gasteiger partial charge in [-0.05, 0) is 54.8 Å². The van der Waals surface area contributed by atoms with Crippen LogP contribution in [0, 0.1) is 5.92 Å². The lowest BCUT2D eigenvalue weighted by atomic mass is 10.1. The highest BCUT2D eigenvalue weighted by Gasteiger charge is 2.26. The number of rotatable bonds is 10. The third-order valence-electron chi connectivity index (χ3n) is 4.52. The molecule has 0 heterocycles. The van der Waals surface area contributed by atoms with Crippen molar-refractivity contribution in [1.82, 2.24) is 10.2 Å². The van der Waals surface area contributed by atoms with Gasteiger partial charge < -0.3 is 19.7 Å². The summed E-state index contributed by atoms with van der Waals surface area (Å²) >= 11 is 3.45. The summed E-state index contributed by atoms with van der Waals surface area (Å²) in [5, 5.41) is 2.90. The third-order valence-corrected chi connectivity index (χ3v) is 5.01. The molecule has 7 heteroatoms. The molecule has 1 unspecified atom stereocenters. The lowest BCUT2D eigenvalue weighted by Gasteiger charge is -2.29. The zero-order valence-corrected chi connectivity index (χ0v) is 19.4. The fourth-order valence-corrected chi connectivity index (χ4v) is 3.21. The largest absolute Gasteiger partial charge is 0.497 e. The minimum atomic E-state index is -0.630. The number of halogens is 1. The number of carbonyl (C=O) groups is 2. The van der Waals surface area contributed by atoms with Crippen LogP contribution in [0.1, 0.15) is 26.3 Å². The summed E-state index contributed by atoms with van der Waals surface area (Å²) in [5.41, 5.74) is 0.922. The van der Waals surface area contributed by atoms with Crippen molar-refractivity contribution in [2.45, 2.75) is 33.4 Å². The number of amides is 2. The van der Waals surface area contributed by atoms with E-state index in [0.29, 0.717) is 30.5 Å². The molecular weight excluding hydrogens is 448 g/mol. The summed E-state index contributed by atoms with van der Waals surface area (Å²) in [4.78, 5) is 27.2. The van der Waals surface area contributed by atoms with Crippen LogP contribution in [0.5, 0.6) is 11.5 Å². The van der Waals surface area contributed by atoms with E-state index in [1.54, 1.807) is 43.2 Å². The number of benzene rings is 2. The molecule has 0 spiro atoms. The molecule has 2 aromatic rings. The van der Waals surface area contributed by atoms with Crippen LogP contribution in [0.3, 0.4) is 0 Å². The maximum Gasteiger partial charge on any atom is 0.261 e. The number of hydrogen-bond donors (Lipinski definition) is 1. The van der Waals surface area contributed by atoms with Crippen LogP contribution in [0.15, 0.2) is 53.0 Å². The van der Waals surface area contributed by atoms with Crippen molar-refractivity contribution >= 4 is 27.7 Å². The van der Waals surface area contributed by atoms with Gasteiger partial charge in [-0.25, -0.2) is 0 Å². The Balaban J connectivity index is 2.11. The fourth-order valence-electron chi connectivity index (χ4n) is 2.77. The highest BCUT2D eigenvalue weighted by Crippen LogP contribution is 2.18. The predicted octanol–water partition coefficient (Wildman–Crippen LogP) is 4.03. The van der Waals surface area contributed by atoms with E-state index < -0.39 is 6.04 Å². The molecule has 6 nitrogen and oxygen atoms in total. The van der Waals surface area contributed by atoms with Gasteiger partial charge >= 0.3 is 0 Å². The molecule has 162 valence electrons. The lowest BCUT2D eigenvalue weighted by Crippen LogP contribution is -2.49. The van der Waals surface area contributed by atoms with Crippen LogP contribution in [-0.2, 0) is 16.1 Å². The molecule has 0 saturated carbocycles. The first kappa shape index (κ1) is 23.7. The maximum atomic E-state index is 13.0. The predicted molar refractivity (Wildman–Crippen MR) is 120 cm³/mol. The van der Waals surface area contributed by atoms with Crippen molar-refractivity contribution in [3.05, 3.63) is 58.6 Å². The molecule has 1 N–H and O–H groups in total. The maximum absolute atomic E-state index is 13.0. The van der Waals surface area contributed by atoms with Crippen LogP contribution in [0.2, 0.25) is 0 Å². The number of ether oxygens (including phenoxy) is 2. The van der Waals surface area contributed by atoms with Gasteiger partial charge in [0.05, 0.1) is 7.11 Å². The molecule has 0 aromatic heterocycles. The smallest absolute Gasteiger partial charge is 0.261 e. The van der Waals surface area contributed by atoms with E-state index >= 15 is 0 Å². The van der Waals surface area contributed by atoms with Crippen molar-refractivity contribution < 1.29 is 19.1 Å². The average Bonchev–Trinajstić information content (AvgIpc) is 2.74. The van der Waals surface area contributed by atoms with Gasteiger partial charge in [-0.3, -0.25) is 9.59 Å². The molecule has 0 fully saturated rings. The Morgan fingerprint density at radius 3 is 2.33 bits per heavy atom. The van der Waals surface area contributed by atoms with Crippen molar-refractivity contribution in [1.29, 1.82) is 0 Å². The van der Waals surface area contributed by atoms with E-state index in [0.717, 1.165) is 10.0 Å². The van der Waals surface area contributed by atoms with E-state index in [9.17, 15) is 9.59 Å². The molecule has 0 bridgehead atoms. The quantitative estimate of drug-likeness (QED) is 0.561. The van der Waals surface area contributed by atoms with Crippen LogP contribution in [0.4, 0.5) is 0 Å². The van der Waals surface area contributed by atoms with Gasteiger partial charge in [-0.15, -0.1) is 0 Å². The van der Waals surface area contributed by atoms with E-state index in [1.807, 2.05) is 38.1 Å². The summed E-state index contributed by atoms with van der Waals surface area (Å²) in [6.07, 6.45) is 0. The second-order valence-corrected chi connectivity index (χ2v) is 8.35. The topological polar surface area (TPSA) is 67.9 Å². The van der Waals surface area contributed by atoms with Gasteiger partial charge in [0.15, 0.2) is 6.61 Å². The van der Waals surface area contributed by atoms with Crippen molar-refractivity contribution in [2.75, 3.05) is 20.3 Å². The van der Waals surface area contributed by atoms with Gasteiger partial charge in [0.2, 0.25) is 5.91 Å². The van der Waals surface area contributed by atoms with Crippen molar-refractivity contribution in [3.8, 4) is 11.5 Å². The van der Waals surface area contributed by atoms with Crippen LogP contribution in [0.25, 0.3) is 0 Å². The van der Waals surface area contributed by atoms with Gasteiger partial charge in [0, 0.05) is 17.6 Å². The second kappa shape index (κ2) is 11.6. The summed E-state index contributed by atoms with van der Waals surface area (Å²) in [7, 11) is 1.59. The van der Waals surface area contributed by atoms with E-state index in [1.165, 1.54) is 0 Å². The minimum Gasteiger partial charge on any atom is -0.497 e. The monoisotopic (exact) mass is 476 g/mol. The van der Waals surface area contributed by atoms with Crippen molar-refractivity contribution in [3.63, 3.8) is 0 Å². The number of carbonyl (C=O) groups excluding carboxylic acids is 2. The molecule has 0 aliphatic heterocycles. The molecule has 2 aromatic carbocycles. The summed E-state index contributed by atoms with van der Waals surface area (Å²) < 4.78 is 11.7. The highest BCUT2D eigenvalue weighted by molar-refractivity contribution is 9.10. The first-order chi connectivity index (χ1) is 14.3. The van der Waals surface area contributed by atoms with Gasteiger partial charge in [-0.2, -0.15) is 0 Å². The average molecular weight is 477 g/mol. The van der Waals surface area contributed by atoms with Crippen molar-refractivity contribution in [2.24, 2.45) is 5.92 Å². The Morgan fingerprint density at radius 1 is 1.07 bits per heavy atom. The molecule has 2 rings (SSSR count). The fraction of sp³-hybridized carbons (Fsp3) is 0.391. The molecule has 2 amide bonds. The van der Waals surface area contributed by atoms with Crippen LogP contribution >= 0.6 is 15.9 Å². The van der Waals surface area contributed by atoms with Crippen LogP contribution in [-0.4, -0.2) is 43.0 Å². The molecule has 0 radical (unpaired) electrons. The second-order valence-electron chi connectivity index (χ2n) is 7.43. The van der Waals surface area contributed by atoms with Gasteiger partial charge in [0.25, 0.3) is 5.91 Å². The van der Waals surface area contributed by atoms with E-state index in [4.69, 9.17) is 9.47 Å². The van der Waals surface area contributed by atoms with Gasteiger partial charge in [-0.1, -0.05) is 41.9 Å². The Bertz CT molecular complexity index is 839. The molecule has 0 aliphatic carbocycles. The number of hydrogen-bond acceptors (Lipinski definition) is 4. The standard InChI is InChI=1S/C23H29BrN2O4/c1-16(2)13-25-23(28)17(3)26(14-18-6-5-7-19(24)12-18)22(27)15-30-21-10-8-20(29-4)9-11-21/h5-12,16-17H,13-15H2,1-4H3,(H,25,28). The molecule has 1 atom stereocenters. The Hall–Kier alpha value is -2.54. The summed E-state index contributed by atoms with van der Waals surface area (Å²) in [6, 6.07) is 14.1. The highest BCUT2D eigenvalue weighted by atomic mass is 79.9. The summed E-state index contributed by atoms with van der Waals surface area (Å²) in [6.45, 7) is 6.49. The minimum absolute atomic E-state index is 0.165. The number of nitrogens with zero attached hydrogens (tertiary/aromatic N) is 1. The first-order valence-corrected chi connectivity index (χ1v) is 10.7. The normalized spacial score (nSPS) is 11.7. The molecule has 0 saturated heterocycles.